The maximum atomic E-state index is 3.45. The van der Waals surface area contributed by atoms with Gasteiger partial charge in [-0.05, 0) is 50.5 Å². The van der Waals surface area contributed by atoms with Crippen LogP contribution in [0.15, 0.2) is 11.4 Å². The van der Waals surface area contributed by atoms with Gasteiger partial charge in [0.25, 0.3) is 0 Å². The molecular formula is C12H22N2S. The summed E-state index contributed by atoms with van der Waals surface area (Å²) in [5.74, 6) is 0.664. The van der Waals surface area contributed by atoms with Crippen LogP contribution in [0.25, 0.3) is 0 Å². The molecule has 0 aliphatic rings. The lowest BCUT2D eigenvalue weighted by Gasteiger charge is -2.25. The minimum Gasteiger partial charge on any atom is -0.319 e. The molecule has 0 aliphatic heterocycles. The SMILES string of the molecule is CCC(CNC)C(NC)c1sccc1C. The quantitative estimate of drug-likeness (QED) is 0.779. The molecule has 2 nitrogen and oxygen atoms in total. The lowest BCUT2D eigenvalue weighted by atomic mass is 9.94. The molecular weight excluding hydrogens is 204 g/mol. The summed E-state index contributed by atoms with van der Waals surface area (Å²) in [6.07, 6.45) is 1.20. The van der Waals surface area contributed by atoms with Crippen molar-refractivity contribution < 1.29 is 0 Å². The van der Waals surface area contributed by atoms with Crippen LogP contribution in [0.3, 0.4) is 0 Å². The van der Waals surface area contributed by atoms with E-state index >= 15 is 0 Å². The van der Waals surface area contributed by atoms with Gasteiger partial charge >= 0.3 is 0 Å². The van der Waals surface area contributed by atoms with Crippen molar-refractivity contribution in [2.75, 3.05) is 20.6 Å². The predicted molar refractivity (Wildman–Crippen MR) is 68.6 cm³/mol. The summed E-state index contributed by atoms with van der Waals surface area (Å²) in [7, 11) is 4.08. The Morgan fingerprint density at radius 3 is 2.53 bits per heavy atom. The minimum absolute atomic E-state index is 0.488. The Kier molecular flexibility index (Phi) is 5.29. The van der Waals surface area contributed by atoms with E-state index in [1.807, 2.05) is 18.4 Å². The molecule has 15 heavy (non-hydrogen) atoms. The third-order valence-corrected chi connectivity index (χ3v) is 4.06. The van der Waals surface area contributed by atoms with Gasteiger partial charge < -0.3 is 10.6 Å². The van der Waals surface area contributed by atoms with Crippen molar-refractivity contribution >= 4 is 11.3 Å². The summed E-state index contributed by atoms with van der Waals surface area (Å²) < 4.78 is 0. The summed E-state index contributed by atoms with van der Waals surface area (Å²) >= 11 is 1.86. The lowest BCUT2D eigenvalue weighted by molar-refractivity contribution is 0.363. The van der Waals surface area contributed by atoms with Gasteiger partial charge in [0, 0.05) is 10.9 Å². The normalized spacial score (nSPS) is 15.2. The first-order chi connectivity index (χ1) is 7.24. The second-order valence-corrected chi connectivity index (χ2v) is 4.91. The molecule has 86 valence electrons. The van der Waals surface area contributed by atoms with E-state index in [0.717, 1.165) is 6.54 Å². The molecule has 1 aromatic rings. The van der Waals surface area contributed by atoms with Gasteiger partial charge in [0.05, 0.1) is 0 Å². The van der Waals surface area contributed by atoms with Gasteiger partial charge in [-0.3, -0.25) is 0 Å². The van der Waals surface area contributed by atoms with E-state index in [0.29, 0.717) is 12.0 Å². The Morgan fingerprint density at radius 1 is 1.40 bits per heavy atom. The number of hydrogen-bond acceptors (Lipinski definition) is 3. The zero-order chi connectivity index (χ0) is 11.3. The zero-order valence-corrected chi connectivity index (χ0v) is 10.9. The van der Waals surface area contributed by atoms with Crippen LogP contribution in [0.5, 0.6) is 0 Å². The van der Waals surface area contributed by atoms with Crippen molar-refractivity contribution in [1.82, 2.24) is 10.6 Å². The topological polar surface area (TPSA) is 24.1 Å². The van der Waals surface area contributed by atoms with E-state index in [9.17, 15) is 0 Å². The molecule has 0 amide bonds. The van der Waals surface area contributed by atoms with Gasteiger partial charge in [-0.15, -0.1) is 11.3 Å². The Labute approximate surface area is 97.1 Å². The van der Waals surface area contributed by atoms with Gasteiger partial charge in [0.1, 0.15) is 0 Å². The molecule has 2 N–H and O–H groups in total. The summed E-state index contributed by atoms with van der Waals surface area (Å²) in [5, 5.41) is 8.91. The molecule has 1 aromatic heterocycles. The molecule has 0 saturated heterocycles. The monoisotopic (exact) mass is 226 g/mol. The number of aryl methyl sites for hydroxylation is 1. The third-order valence-electron chi connectivity index (χ3n) is 2.96. The maximum Gasteiger partial charge on any atom is 0.0455 e. The fourth-order valence-corrected chi connectivity index (χ4v) is 3.17. The molecule has 1 heterocycles. The van der Waals surface area contributed by atoms with Crippen LogP contribution in [0.2, 0.25) is 0 Å². The van der Waals surface area contributed by atoms with Crippen LogP contribution in [-0.4, -0.2) is 20.6 Å². The Bertz CT molecular complexity index is 283. The number of thiophene rings is 1. The predicted octanol–water partition coefficient (Wildman–Crippen LogP) is 2.56. The van der Waals surface area contributed by atoms with Crippen molar-refractivity contribution in [3.63, 3.8) is 0 Å². The molecule has 0 aromatic carbocycles. The summed E-state index contributed by atoms with van der Waals surface area (Å²) in [4.78, 5) is 1.49. The van der Waals surface area contributed by atoms with Crippen LogP contribution < -0.4 is 10.6 Å². The van der Waals surface area contributed by atoms with Crippen molar-refractivity contribution in [2.45, 2.75) is 26.3 Å². The highest BCUT2D eigenvalue weighted by Gasteiger charge is 2.21. The minimum atomic E-state index is 0.488. The first kappa shape index (κ1) is 12.7. The van der Waals surface area contributed by atoms with E-state index < -0.39 is 0 Å². The molecule has 0 bridgehead atoms. The fraction of sp³-hybridized carbons (Fsp3) is 0.667. The standard InChI is InChI=1S/C12H22N2S/c1-5-10(8-13-3)11(14-4)12-9(2)6-7-15-12/h6-7,10-11,13-14H,5,8H2,1-4H3. The third kappa shape index (κ3) is 3.03. The van der Waals surface area contributed by atoms with Gasteiger partial charge in [0.2, 0.25) is 0 Å². The Morgan fingerprint density at radius 2 is 2.13 bits per heavy atom. The maximum absolute atomic E-state index is 3.45. The van der Waals surface area contributed by atoms with Gasteiger partial charge in [0.15, 0.2) is 0 Å². The molecule has 2 atom stereocenters. The average Bonchev–Trinajstić information content (AvgIpc) is 2.65. The number of nitrogens with one attached hydrogen (secondary N) is 2. The number of hydrogen-bond donors (Lipinski definition) is 2. The highest BCUT2D eigenvalue weighted by Crippen LogP contribution is 2.30. The molecule has 0 spiro atoms. The van der Waals surface area contributed by atoms with E-state index in [-0.39, 0.29) is 0 Å². The summed E-state index contributed by atoms with van der Waals surface area (Å²) in [5.41, 5.74) is 1.41. The van der Waals surface area contributed by atoms with E-state index in [1.54, 1.807) is 0 Å². The van der Waals surface area contributed by atoms with Gasteiger partial charge in [-0.25, -0.2) is 0 Å². The first-order valence-electron chi connectivity index (χ1n) is 5.60. The van der Waals surface area contributed by atoms with Gasteiger partial charge in [-0.1, -0.05) is 13.3 Å². The molecule has 2 unspecified atom stereocenters. The van der Waals surface area contributed by atoms with Crippen molar-refractivity contribution in [3.8, 4) is 0 Å². The van der Waals surface area contributed by atoms with Crippen molar-refractivity contribution in [2.24, 2.45) is 5.92 Å². The summed E-state index contributed by atoms with van der Waals surface area (Å²) in [6.45, 7) is 5.52. The molecule has 0 aliphatic carbocycles. The fourth-order valence-electron chi connectivity index (χ4n) is 2.04. The van der Waals surface area contributed by atoms with Crippen molar-refractivity contribution in [1.29, 1.82) is 0 Å². The van der Waals surface area contributed by atoms with Gasteiger partial charge in [-0.2, -0.15) is 0 Å². The summed E-state index contributed by atoms with van der Waals surface area (Å²) in [6, 6.07) is 2.69. The Balaban J connectivity index is 2.82. The van der Waals surface area contributed by atoms with E-state index in [2.05, 4.69) is 43.0 Å². The molecule has 0 saturated carbocycles. The molecule has 3 heteroatoms. The van der Waals surface area contributed by atoms with Crippen molar-refractivity contribution in [3.05, 3.63) is 21.9 Å². The van der Waals surface area contributed by atoms with Crippen LogP contribution in [0.1, 0.15) is 29.8 Å². The first-order valence-corrected chi connectivity index (χ1v) is 6.48. The zero-order valence-electron chi connectivity index (χ0n) is 10.1. The lowest BCUT2D eigenvalue weighted by Crippen LogP contribution is -2.31. The molecule has 0 radical (unpaired) electrons. The molecule has 0 fully saturated rings. The second kappa shape index (κ2) is 6.26. The molecule has 1 rings (SSSR count). The van der Waals surface area contributed by atoms with E-state index in [1.165, 1.54) is 16.9 Å². The second-order valence-electron chi connectivity index (χ2n) is 3.96. The highest BCUT2D eigenvalue weighted by molar-refractivity contribution is 7.10. The smallest absolute Gasteiger partial charge is 0.0455 e. The highest BCUT2D eigenvalue weighted by atomic mass is 32.1. The number of rotatable bonds is 6. The van der Waals surface area contributed by atoms with Crippen LogP contribution in [0, 0.1) is 12.8 Å². The van der Waals surface area contributed by atoms with Crippen LogP contribution >= 0.6 is 11.3 Å². The largest absolute Gasteiger partial charge is 0.319 e. The average molecular weight is 226 g/mol. The van der Waals surface area contributed by atoms with E-state index in [4.69, 9.17) is 0 Å². The Hall–Kier alpha value is -0.380. The van der Waals surface area contributed by atoms with Crippen LogP contribution in [-0.2, 0) is 0 Å². The van der Waals surface area contributed by atoms with Crippen LogP contribution in [0.4, 0.5) is 0 Å².